The van der Waals surface area contributed by atoms with E-state index in [1.807, 2.05) is 17.9 Å². The first-order chi connectivity index (χ1) is 11.7. The number of aromatic nitrogens is 2. The minimum atomic E-state index is 0.197. The molecule has 3 heterocycles. The predicted octanol–water partition coefficient (Wildman–Crippen LogP) is 2.61. The first-order valence-electron chi connectivity index (χ1n) is 9.63. The fourth-order valence-electron chi connectivity index (χ4n) is 4.63. The van der Waals surface area contributed by atoms with Crippen molar-refractivity contribution in [2.75, 3.05) is 32.9 Å². The summed E-state index contributed by atoms with van der Waals surface area (Å²) in [6.07, 6.45) is 12.2. The lowest BCUT2D eigenvalue weighted by Gasteiger charge is -2.50. The van der Waals surface area contributed by atoms with Gasteiger partial charge in [-0.1, -0.05) is 6.42 Å². The minimum Gasteiger partial charge on any atom is -0.380 e. The zero-order valence-electron chi connectivity index (χ0n) is 15.0. The Bertz CT molecular complexity index is 542. The van der Waals surface area contributed by atoms with Gasteiger partial charge in [-0.25, -0.2) is 0 Å². The van der Waals surface area contributed by atoms with E-state index in [0.29, 0.717) is 6.10 Å². The van der Waals surface area contributed by atoms with E-state index < -0.39 is 0 Å². The van der Waals surface area contributed by atoms with E-state index in [-0.39, 0.29) is 5.41 Å². The molecule has 1 aromatic rings. The molecule has 3 aliphatic rings. The molecule has 0 spiro atoms. The summed E-state index contributed by atoms with van der Waals surface area (Å²) in [5, 5.41) is 4.31. The van der Waals surface area contributed by atoms with Gasteiger partial charge in [0.15, 0.2) is 0 Å². The Morgan fingerprint density at radius 3 is 3.00 bits per heavy atom. The van der Waals surface area contributed by atoms with Crippen LogP contribution in [0.25, 0.3) is 0 Å². The zero-order chi connectivity index (χ0) is 16.4. The monoisotopic (exact) mass is 333 g/mol. The number of nitrogens with zero attached hydrogens (tertiary/aromatic N) is 3. The Labute approximate surface area is 145 Å². The van der Waals surface area contributed by atoms with E-state index in [1.165, 1.54) is 37.7 Å². The van der Waals surface area contributed by atoms with Crippen molar-refractivity contribution in [2.24, 2.45) is 18.4 Å². The van der Waals surface area contributed by atoms with Gasteiger partial charge in [0.1, 0.15) is 0 Å². The first kappa shape index (κ1) is 16.6. The fourth-order valence-corrected chi connectivity index (χ4v) is 4.63. The van der Waals surface area contributed by atoms with E-state index in [9.17, 15) is 0 Å². The minimum absolute atomic E-state index is 0.197. The molecule has 0 aromatic carbocycles. The average Bonchev–Trinajstić information content (AvgIpc) is 2.94. The Morgan fingerprint density at radius 1 is 1.33 bits per heavy atom. The molecule has 2 saturated heterocycles. The van der Waals surface area contributed by atoms with Crippen LogP contribution in [0, 0.1) is 11.3 Å². The number of rotatable bonds is 6. The second kappa shape index (κ2) is 7.14. The SMILES string of the molecule is Cn1cc(CN2CC[C@@H]3OCCC[C@]3(COCC3CCC3)C2)cn1. The van der Waals surface area contributed by atoms with Crippen LogP contribution in [0.1, 0.15) is 44.1 Å². The number of piperidine rings is 1. The van der Waals surface area contributed by atoms with Gasteiger partial charge in [0.05, 0.1) is 18.9 Å². The van der Waals surface area contributed by atoms with Crippen molar-refractivity contribution in [3.05, 3.63) is 18.0 Å². The summed E-state index contributed by atoms with van der Waals surface area (Å²) in [5.74, 6) is 0.819. The van der Waals surface area contributed by atoms with Crippen molar-refractivity contribution in [3.8, 4) is 0 Å². The van der Waals surface area contributed by atoms with E-state index in [2.05, 4.69) is 16.2 Å². The summed E-state index contributed by atoms with van der Waals surface area (Å²) in [7, 11) is 1.99. The van der Waals surface area contributed by atoms with Gasteiger partial charge in [-0.05, 0) is 38.0 Å². The normalized spacial score (nSPS) is 31.6. The molecule has 5 heteroatoms. The summed E-state index contributed by atoms with van der Waals surface area (Å²) in [6, 6.07) is 0. The number of hydrogen-bond acceptors (Lipinski definition) is 4. The summed E-state index contributed by atoms with van der Waals surface area (Å²) >= 11 is 0. The average molecular weight is 333 g/mol. The van der Waals surface area contributed by atoms with E-state index in [0.717, 1.165) is 51.8 Å². The van der Waals surface area contributed by atoms with Crippen molar-refractivity contribution in [2.45, 2.75) is 51.2 Å². The third-order valence-electron chi connectivity index (χ3n) is 6.20. The highest BCUT2D eigenvalue weighted by molar-refractivity contribution is 5.05. The van der Waals surface area contributed by atoms with Crippen molar-refractivity contribution >= 4 is 0 Å². The van der Waals surface area contributed by atoms with Crippen LogP contribution in [0.3, 0.4) is 0 Å². The second-order valence-corrected chi connectivity index (χ2v) is 8.16. The maximum atomic E-state index is 6.22. The Balaban J connectivity index is 1.38. The van der Waals surface area contributed by atoms with Crippen LogP contribution < -0.4 is 0 Å². The van der Waals surface area contributed by atoms with Gasteiger partial charge in [-0.2, -0.15) is 5.10 Å². The van der Waals surface area contributed by atoms with Crippen LogP contribution in [0.2, 0.25) is 0 Å². The van der Waals surface area contributed by atoms with Crippen LogP contribution in [0.5, 0.6) is 0 Å². The smallest absolute Gasteiger partial charge is 0.0677 e. The van der Waals surface area contributed by atoms with Crippen molar-refractivity contribution in [1.29, 1.82) is 0 Å². The summed E-state index contributed by atoms with van der Waals surface area (Å²) in [5.41, 5.74) is 1.50. The van der Waals surface area contributed by atoms with Gasteiger partial charge in [-0.15, -0.1) is 0 Å². The van der Waals surface area contributed by atoms with Gasteiger partial charge in [-0.3, -0.25) is 9.58 Å². The highest BCUT2D eigenvalue weighted by Gasteiger charge is 2.46. The zero-order valence-corrected chi connectivity index (χ0v) is 15.0. The quantitative estimate of drug-likeness (QED) is 0.802. The van der Waals surface area contributed by atoms with E-state index in [4.69, 9.17) is 9.47 Å². The van der Waals surface area contributed by atoms with Crippen LogP contribution >= 0.6 is 0 Å². The number of aryl methyl sites for hydroxylation is 1. The highest BCUT2D eigenvalue weighted by Crippen LogP contribution is 2.41. The maximum absolute atomic E-state index is 6.22. The van der Waals surface area contributed by atoms with Crippen molar-refractivity contribution in [3.63, 3.8) is 0 Å². The number of hydrogen-bond donors (Lipinski definition) is 0. The van der Waals surface area contributed by atoms with Crippen molar-refractivity contribution in [1.82, 2.24) is 14.7 Å². The molecule has 3 fully saturated rings. The lowest BCUT2D eigenvalue weighted by atomic mass is 9.73. The summed E-state index contributed by atoms with van der Waals surface area (Å²) < 4.78 is 14.3. The summed E-state index contributed by atoms with van der Waals surface area (Å²) in [4.78, 5) is 2.58. The van der Waals surface area contributed by atoms with Crippen LogP contribution in [0.15, 0.2) is 12.4 Å². The molecule has 1 aromatic heterocycles. The molecule has 0 bridgehead atoms. The third-order valence-corrected chi connectivity index (χ3v) is 6.20. The van der Waals surface area contributed by atoms with E-state index in [1.54, 1.807) is 0 Å². The van der Waals surface area contributed by atoms with Gasteiger partial charge in [0, 0.05) is 57.1 Å². The molecule has 134 valence electrons. The molecule has 1 aliphatic carbocycles. The lowest BCUT2D eigenvalue weighted by molar-refractivity contribution is -0.157. The molecule has 5 nitrogen and oxygen atoms in total. The molecule has 1 saturated carbocycles. The molecule has 0 unspecified atom stereocenters. The van der Waals surface area contributed by atoms with Crippen LogP contribution in [-0.2, 0) is 23.1 Å². The Kier molecular flexibility index (Phi) is 4.93. The molecule has 0 amide bonds. The topological polar surface area (TPSA) is 39.5 Å². The molecule has 2 aliphatic heterocycles. The predicted molar refractivity (Wildman–Crippen MR) is 92.7 cm³/mol. The molecule has 4 rings (SSSR count). The number of likely N-dealkylation sites (tertiary alicyclic amines) is 1. The largest absolute Gasteiger partial charge is 0.380 e. The molecular weight excluding hydrogens is 302 g/mol. The maximum Gasteiger partial charge on any atom is 0.0677 e. The Hall–Kier alpha value is -0.910. The number of ether oxygens (including phenoxy) is 2. The van der Waals surface area contributed by atoms with E-state index >= 15 is 0 Å². The third kappa shape index (κ3) is 3.53. The van der Waals surface area contributed by atoms with Gasteiger partial charge >= 0.3 is 0 Å². The fraction of sp³-hybridized carbons (Fsp3) is 0.842. The molecule has 0 radical (unpaired) electrons. The summed E-state index contributed by atoms with van der Waals surface area (Å²) in [6.45, 7) is 5.96. The molecule has 0 N–H and O–H groups in total. The number of fused-ring (bicyclic) bond motifs is 1. The van der Waals surface area contributed by atoms with Crippen LogP contribution in [-0.4, -0.2) is 53.7 Å². The van der Waals surface area contributed by atoms with Gasteiger partial charge in [0.25, 0.3) is 0 Å². The Morgan fingerprint density at radius 2 is 2.25 bits per heavy atom. The first-order valence-corrected chi connectivity index (χ1v) is 9.63. The second-order valence-electron chi connectivity index (χ2n) is 8.16. The lowest BCUT2D eigenvalue weighted by Crippen LogP contribution is -2.56. The van der Waals surface area contributed by atoms with Gasteiger partial charge < -0.3 is 9.47 Å². The molecular formula is C19H31N3O2. The molecule has 24 heavy (non-hydrogen) atoms. The molecule has 2 atom stereocenters. The van der Waals surface area contributed by atoms with Crippen molar-refractivity contribution < 1.29 is 9.47 Å². The van der Waals surface area contributed by atoms with Crippen LogP contribution in [0.4, 0.5) is 0 Å². The van der Waals surface area contributed by atoms with Gasteiger partial charge in [0.2, 0.25) is 0 Å². The highest BCUT2D eigenvalue weighted by atomic mass is 16.5. The standard InChI is InChI=1S/C19H31N3O2/c1-21-11-17(10-20-21)12-22-8-6-18-19(14-22,7-3-9-24-18)15-23-13-16-4-2-5-16/h10-11,16,18H,2-9,12-15H2,1H3/t18-,19+/m0/s1.